The van der Waals surface area contributed by atoms with Gasteiger partial charge in [0.15, 0.2) is 0 Å². The molecule has 0 aromatic carbocycles. The smallest absolute Gasteiger partial charge is 0.0130 e. The van der Waals surface area contributed by atoms with Gasteiger partial charge in [-0.15, -0.1) is 0 Å². The lowest BCUT2D eigenvalue weighted by molar-refractivity contribution is 0.474. The zero-order chi connectivity index (χ0) is 6.97. The molecule has 0 radical (unpaired) electrons. The summed E-state index contributed by atoms with van der Waals surface area (Å²) in [5, 5.41) is 0. The fourth-order valence-electron chi connectivity index (χ4n) is 1.99. The first-order chi connectivity index (χ1) is 4.86. The van der Waals surface area contributed by atoms with Crippen LogP contribution in [0.15, 0.2) is 23.8 Å². The number of hydrogen-bond acceptors (Lipinski definition) is 0. The molecule has 2 rings (SSSR count). The predicted molar refractivity (Wildman–Crippen MR) is 43.7 cm³/mol. The van der Waals surface area contributed by atoms with Gasteiger partial charge in [-0.1, -0.05) is 25.2 Å². The van der Waals surface area contributed by atoms with Crippen LogP contribution in [0.4, 0.5) is 0 Å². The molecule has 0 spiro atoms. The summed E-state index contributed by atoms with van der Waals surface area (Å²) < 4.78 is 0. The van der Waals surface area contributed by atoms with Crippen LogP contribution in [-0.4, -0.2) is 0 Å². The molecule has 0 bridgehead atoms. The van der Waals surface area contributed by atoms with E-state index >= 15 is 0 Å². The minimum Gasteiger partial charge on any atom is -0.0837 e. The number of allylic oxidation sites excluding steroid dienone is 4. The summed E-state index contributed by atoms with van der Waals surface area (Å²) in [6.45, 7) is 2.31. The first-order valence-electron chi connectivity index (χ1n) is 4.24. The first kappa shape index (κ1) is 6.21. The van der Waals surface area contributed by atoms with Crippen molar-refractivity contribution in [2.75, 3.05) is 0 Å². The van der Waals surface area contributed by atoms with Crippen molar-refractivity contribution < 1.29 is 0 Å². The lowest BCUT2D eigenvalue weighted by atomic mass is 9.85. The monoisotopic (exact) mass is 134 g/mol. The molecule has 54 valence electrons. The van der Waals surface area contributed by atoms with E-state index in [0.29, 0.717) is 0 Å². The summed E-state index contributed by atoms with van der Waals surface area (Å²) in [7, 11) is 0. The summed E-state index contributed by atoms with van der Waals surface area (Å²) >= 11 is 0. The average Bonchev–Trinajstić information content (AvgIpc) is 2.33. The predicted octanol–water partition coefficient (Wildman–Crippen LogP) is 2.92. The maximum atomic E-state index is 2.44. The summed E-state index contributed by atoms with van der Waals surface area (Å²) in [5.74, 6) is 1.73. The molecule has 10 heavy (non-hydrogen) atoms. The van der Waals surface area contributed by atoms with E-state index in [0.717, 1.165) is 11.8 Å². The summed E-state index contributed by atoms with van der Waals surface area (Å²) in [6.07, 6.45) is 11.2. The second-order valence-corrected chi connectivity index (χ2v) is 3.56. The number of fused-ring (bicyclic) bond motifs is 1. The number of hydrogen-bond donors (Lipinski definition) is 0. The van der Waals surface area contributed by atoms with Crippen molar-refractivity contribution in [3.05, 3.63) is 23.8 Å². The molecule has 2 aliphatic carbocycles. The van der Waals surface area contributed by atoms with Gasteiger partial charge in [0.1, 0.15) is 0 Å². The summed E-state index contributed by atoms with van der Waals surface area (Å²) in [6, 6.07) is 0. The van der Waals surface area contributed by atoms with Gasteiger partial charge in [0.2, 0.25) is 0 Å². The Kier molecular flexibility index (Phi) is 1.40. The SMILES string of the molecule is CC1C=C2C=CCC2CC1. The van der Waals surface area contributed by atoms with E-state index in [4.69, 9.17) is 0 Å². The minimum atomic E-state index is 0.828. The molecule has 0 aliphatic heterocycles. The highest BCUT2D eigenvalue weighted by molar-refractivity contribution is 5.30. The molecular weight excluding hydrogens is 120 g/mol. The molecule has 0 aromatic rings. The highest BCUT2D eigenvalue weighted by Crippen LogP contribution is 2.35. The average molecular weight is 134 g/mol. The molecule has 0 fully saturated rings. The van der Waals surface area contributed by atoms with E-state index in [-0.39, 0.29) is 0 Å². The van der Waals surface area contributed by atoms with Gasteiger partial charge in [-0.2, -0.15) is 0 Å². The Morgan fingerprint density at radius 3 is 3.20 bits per heavy atom. The molecule has 2 atom stereocenters. The third-order valence-corrected chi connectivity index (χ3v) is 2.65. The van der Waals surface area contributed by atoms with Gasteiger partial charge in [0, 0.05) is 0 Å². The Hall–Kier alpha value is -0.520. The van der Waals surface area contributed by atoms with Crippen LogP contribution in [0, 0.1) is 11.8 Å². The Morgan fingerprint density at radius 2 is 2.30 bits per heavy atom. The van der Waals surface area contributed by atoms with Gasteiger partial charge >= 0.3 is 0 Å². The van der Waals surface area contributed by atoms with Gasteiger partial charge in [-0.25, -0.2) is 0 Å². The van der Waals surface area contributed by atoms with Crippen molar-refractivity contribution in [1.82, 2.24) is 0 Å². The van der Waals surface area contributed by atoms with E-state index in [9.17, 15) is 0 Å². The van der Waals surface area contributed by atoms with E-state index < -0.39 is 0 Å². The Morgan fingerprint density at radius 1 is 1.40 bits per heavy atom. The molecule has 0 heteroatoms. The van der Waals surface area contributed by atoms with Crippen molar-refractivity contribution in [1.29, 1.82) is 0 Å². The normalized spacial score (nSPS) is 37.5. The van der Waals surface area contributed by atoms with Gasteiger partial charge in [-0.3, -0.25) is 0 Å². The molecule has 0 saturated heterocycles. The third kappa shape index (κ3) is 0.920. The van der Waals surface area contributed by atoms with E-state index in [1.807, 2.05) is 0 Å². The number of rotatable bonds is 0. The molecule has 0 aromatic heterocycles. The second-order valence-electron chi connectivity index (χ2n) is 3.56. The van der Waals surface area contributed by atoms with Crippen LogP contribution < -0.4 is 0 Å². The zero-order valence-electron chi connectivity index (χ0n) is 6.51. The topological polar surface area (TPSA) is 0 Å². The molecular formula is C10H14. The molecule has 0 nitrogen and oxygen atoms in total. The van der Waals surface area contributed by atoms with Crippen molar-refractivity contribution in [2.45, 2.75) is 26.2 Å². The second kappa shape index (κ2) is 2.26. The van der Waals surface area contributed by atoms with Crippen molar-refractivity contribution in [2.24, 2.45) is 11.8 Å². The molecule has 0 saturated carbocycles. The third-order valence-electron chi connectivity index (χ3n) is 2.65. The van der Waals surface area contributed by atoms with Gasteiger partial charge in [0.25, 0.3) is 0 Å². The van der Waals surface area contributed by atoms with Crippen LogP contribution in [0.3, 0.4) is 0 Å². The lowest BCUT2D eigenvalue weighted by Crippen LogP contribution is -2.07. The molecule has 0 amide bonds. The molecule has 2 unspecified atom stereocenters. The van der Waals surface area contributed by atoms with Crippen LogP contribution in [0.2, 0.25) is 0 Å². The summed E-state index contributed by atoms with van der Waals surface area (Å²) in [5.41, 5.74) is 1.61. The standard InChI is InChI=1S/C10H14/c1-8-5-6-9-3-2-4-10(9)7-8/h2,4,7-9H,3,5-6H2,1H3. The quantitative estimate of drug-likeness (QED) is 0.478. The Labute approximate surface area is 62.6 Å². The Balaban J connectivity index is 2.22. The van der Waals surface area contributed by atoms with Crippen LogP contribution in [0.5, 0.6) is 0 Å². The van der Waals surface area contributed by atoms with Crippen LogP contribution in [-0.2, 0) is 0 Å². The van der Waals surface area contributed by atoms with Crippen molar-refractivity contribution >= 4 is 0 Å². The first-order valence-corrected chi connectivity index (χ1v) is 4.24. The highest BCUT2D eigenvalue weighted by Gasteiger charge is 2.20. The maximum Gasteiger partial charge on any atom is -0.0130 e. The molecule has 0 heterocycles. The van der Waals surface area contributed by atoms with E-state index in [1.54, 1.807) is 5.57 Å². The van der Waals surface area contributed by atoms with Crippen molar-refractivity contribution in [3.8, 4) is 0 Å². The Bertz CT molecular complexity index is 186. The van der Waals surface area contributed by atoms with Crippen LogP contribution in [0.25, 0.3) is 0 Å². The molecule has 0 N–H and O–H groups in total. The highest BCUT2D eigenvalue weighted by atomic mass is 14.3. The lowest BCUT2D eigenvalue weighted by Gasteiger charge is -2.20. The summed E-state index contributed by atoms with van der Waals surface area (Å²) in [4.78, 5) is 0. The minimum absolute atomic E-state index is 0.828. The van der Waals surface area contributed by atoms with Gasteiger partial charge in [-0.05, 0) is 36.7 Å². The van der Waals surface area contributed by atoms with Gasteiger partial charge < -0.3 is 0 Å². The molecule has 2 aliphatic rings. The fraction of sp³-hybridized carbons (Fsp3) is 0.600. The van der Waals surface area contributed by atoms with Crippen molar-refractivity contribution in [3.63, 3.8) is 0 Å². The largest absolute Gasteiger partial charge is 0.0837 e. The van der Waals surface area contributed by atoms with Crippen LogP contribution in [0.1, 0.15) is 26.2 Å². The zero-order valence-corrected chi connectivity index (χ0v) is 6.51. The van der Waals surface area contributed by atoms with E-state index in [1.165, 1.54) is 19.3 Å². The van der Waals surface area contributed by atoms with Gasteiger partial charge in [0.05, 0.1) is 0 Å². The fourth-order valence-corrected chi connectivity index (χ4v) is 1.99. The van der Waals surface area contributed by atoms with E-state index in [2.05, 4.69) is 25.2 Å². The van der Waals surface area contributed by atoms with Crippen LogP contribution >= 0.6 is 0 Å². The maximum absolute atomic E-state index is 2.44.